The molecule has 1 saturated heterocycles. The standard InChI is InChI=1S/C22H29N5O2/c1-23-22(25-14-18-8-10-24-20(12-18)29-2)26-15-19-13-21(28)27(16-19)11-9-17-6-4-3-5-7-17/h3-8,10,12,19H,9,11,13-16H2,1-2H3,(H2,23,25,26). The predicted molar refractivity (Wildman–Crippen MR) is 114 cm³/mol. The Labute approximate surface area is 172 Å². The lowest BCUT2D eigenvalue weighted by Crippen LogP contribution is -2.40. The zero-order valence-corrected chi connectivity index (χ0v) is 17.1. The van der Waals surface area contributed by atoms with Crippen LogP contribution >= 0.6 is 0 Å². The van der Waals surface area contributed by atoms with Gasteiger partial charge in [-0.2, -0.15) is 0 Å². The molecule has 1 aromatic heterocycles. The molecule has 7 heteroatoms. The fraction of sp³-hybridized carbons (Fsp3) is 0.409. The summed E-state index contributed by atoms with van der Waals surface area (Å²) in [4.78, 5) is 22.7. The molecule has 1 aliphatic rings. The Hall–Kier alpha value is -3.09. The number of guanidine groups is 1. The number of carbonyl (C=O) groups is 1. The molecule has 1 aliphatic heterocycles. The molecule has 7 nitrogen and oxygen atoms in total. The summed E-state index contributed by atoms with van der Waals surface area (Å²) in [6.07, 6.45) is 3.20. The van der Waals surface area contributed by atoms with Gasteiger partial charge in [0.1, 0.15) is 0 Å². The second-order valence-electron chi connectivity index (χ2n) is 7.16. The van der Waals surface area contributed by atoms with E-state index >= 15 is 0 Å². The number of methoxy groups -OCH3 is 1. The Morgan fingerprint density at radius 3 is 2.83 bits per heavy atom. The fourth-order valence-electron chi connectivity index (χ4n) is 3.43. The van der Waals surface area contributed by atoms with Gasteiger partial charge >= 0.3 is 0 Å². The van der Waals surface area contributed by atoms with Crippen LogP contribution in [0.1, 0.15) is 17.5 Å². The number of hydrogen-bond acceptors (Lipinski definition) is 4. The fourth-order valence-corrected chi connectivity index (χ4v) is 3.43. The third-order valence-corrected chi connectivity index (χ3v) is 5.06. The van der Waals surface area contributed by atoms with Crippen LogP contribution in [-0.4, -0.2) is 55.5 Å². The van der Waals surface area contributed by atoms with Gasteiger partial charge in [-0.05, 0) is 23.6 Å². The minimum atomic E-state index is 0.236. The number of aliphatic imine (C=N–C) groups is 1. The summed E-state index contributed by atoms with van der Waals surface area (Å²) < 4.78 is 5.15. The highest BCUT2D eigenvalue weighted by atomic mass is 16.5. The molecule has 1 aromatic carbocycles. The average Bonchev–Trinajstić information content (AvgIpc) is 3.12. The van der Waals surface area contributed by atoms with Crippen molar-refractivity contribution >= 4 is 11.9 Å². The topological polar surface area (TPSA) is 78.9 Å². The van der Waals surface area contributed by atoms with Crippen molar-refractivity contribution in [3.8, 4) is 5.88 Å². The van der Waals surface area contributed by atoms with Gasteiger partial charge < -0.3 is 20.3 Å². The molecule has 154 valence electrons. The van der Waals surface area contributed by atoms with E-state index in [0.29, 0.717) is 25.4 Å². The molecule has 1 atom stereocenters. The Bertz CT molecular complexity index is 825. The summed E-state index contributed by atoms with van der Waals surface area (Å²) in [5, 5.41) is 6.63. The molecule has 2 heterocycles. The largest absolute Gasteiger partial charge is 0.481 e. The third kappa shape index (κ3) is 6.20. The maximum atomic E-state index is 12.3. The monoisotopic (exact) mass is 395 g/mol. The first-order valence-corrected chi connectivity index (χ1v) is 9.93. The maximum Gasteiger partial charge on any atom is 0.223 e. The SMILES string of the molecule is CN=C(NCc1ccnc(OC)c1)NCC1CC(=O)N(CCc2ccccc2)C1. The molecular weight excluding hydrogens is 366 g/mol. The van der Waals surface area contributed by atoms with Gasteiger partial charge in [-0.1, -0.05) is 30.3 Å². The lowest BCUT2D eigenvalue weighted by molar-refractivity contribution is -0.127. The Morgan fingerprint density at radius 1 is 1.24 bits per heavy atom. The first-order valence-electron chi connectivity index (χ1n) is 9.93. The molecular formula is C22H29N5O2. The molecule has 1 amide bonds. The number of carbonyl (C=O) groups excluding carboxylic acids is 1. The molecule has 3 rings (SSSR count). The first kappa shape index (κ1) is 20.6. The van der Waals surface area contributed by atoms with Crippen molar-refractivity contribution in [1.82, 2.24) is 20.5 Å². The summed E-state index contributed by atoms with van der Waals surface area (Å²) in [6, 6.07) is 14.1. The highest BCUT2D eigenvalue weighted by Crippen LogP contribution is 2.17. The first-order chi connectivity index (χ1) is 14.2. The molecule has 2 N–H and O–H groups in total. The lowest BCUT2D eigenvalue weighted by atomic mass is 10.1. The summed E-state index contributed by atoms with van der Waals surface area (Å²) in [6.45, 7) is 2.89. The number of nitrogens with one attached hydrogen (secondary N) is 2. The second kappa shape index (κ2) is 10.5. The zero-order chi connectivity index (χ0) is 20.5. The minimum absolute atomic E-state index is 0.236. The van der Waals surface area contributed by atoms with Gasteiger partial charge in [-0.25, -0.2) is 4.98 Å². The number of rotatable bonds is 8. The highest BCUT2D eigenvalue weighted by molar-refractivity contribution is 5.80. The van der Waals surface area contributed by atoms with Gasteiger partial charge in [0, 0.05) is 57.8 Å². The van der Waals surface area contributed by atoms with Crippen LogP contribution in [0, 0.1) is 5.92 Å². The number of ether oxygens (including phenoxy) is 1. The zero-order valence-electron chi connectivity index (χ0n) is 17.1. The number of likely N-dealkylation sites (tertiary alicyclic amines) is 1. The Balaban J connectivity index is 1.42. The van der Waals surface area contributed by atoms with E-state index in [2.05, 4.69) is 32.7 Å². The third-order valence-electron chi connectivity index (χ3n) is 5.06. The molecule has 0 aliphatic carbocycles. The molecule has 0 saturated carbocycles. The van der Waals surface area contributed by atoms with Gasteiger partial charge in [0.15, 0.2) is 5.96 Å². The molecule has 0 radical (unpaired) electrons. The second-order valence-corrected chi connectivity index (χ2v) is 7.16. The van der Waals surface area contributed by atoms with Crippen molar-refractivity contribution in [3.05, 3.63) is 59.8 Å². The highest BCUT2D eigenvalue weighted by Gasteiger charge is 2.29. The van der Waals surface area contributed by atoms with E-state index in [1.54, 1.807) is 20.4 Å². The molecule has 0 bridgehead atoms. The summed E-state index contributed by atoms with van der Waals surface area (Å²) >= 11 is 0. The van der Waals surface area contributed by atoms with E-state index in [-0.39, 0.29) is 11.8 Å². The van der Waals surface area contributed by atoms with Gasteiger partial charge in [-0.15, -0.1) is 0 Å². The molecule has 1 fully saturated rings. The average molecular weight is 396 g/mol. The van der Waals surface area contributed by atoms with Gasteiger partial charge in [0.25, 0.3) is 0 Å². The van der Waals surface area contributed by atoms with Crippen LogP contribution in [0.5, 0.6) is 5.88 Å². The predicted octanol–water partition coefficient (Wildman–Crippen LogP) is 1.85. The number of hydrogen-bond donors (Lipinski definition) is 2. The Morgan fingerprint density at radius 2 is 2.07 bits per heavy atom. The van der Waals surface area contributed by atoms with Gasteiger partial charge in [-0.3, -0.25) is 9.79 Å². The van der Waals surface area contributed by atoms with Crippen LogP contribution < -0.4 is 15.4 Å². The number of amides is 1. The summed E-state index contributed by atoms with van der Waals surface area (Å²) in [5.74, 6) is 1.83. The minimum Gasteiger partial charge on any atom is -0.481 e. The van der Waals surface area contributed by atoms with Crippen molar-refractivity contribution in [1.29, 1.82) is 0 Å². The number of nitrogens with zero attached hydrogens (tertiary/aromatic N) is 3. The summed E-state index contributed by atoms with van der Waals surface area (Å²) in [7, 11) is 3.35. The molecule has 1 unspecified atom stereocenters. The van der Waals surface area contributed by atoms with Crippen molar-refractivity contribution < 1.29 is 9.53 Å². The number of aromatic nitrogens is 1. The van der Waals surface area contributed by atoms with Gasteiger partial charge in [0.05, 0.1) is 7.11 Å². The Kier molecular flexibility index (Phi) is 7.44. The van der Waals surface area contributed by atoms with E-state index in [9.17, 15) is 4.79 Å². The van der Waals surface area contributed by atoms with E-state index in [1.807, 2.05) is 35.2 Å². The molecule has 29 heavy (non-hydrogen) atoms. The van der Waals surface area contributed by atoms with Crippen LogP contribution in [0.15, 0.2) is 53.7 Å². The van der Waals surface area contributed by atoms with Crippen molar-refractivity contribution in [2.45, 2.75) is 19.4 Å². The smallest absolute Gasteiger partial charge is 0.223 e. The van der Waals surface area contributed by atoms with E-state index in [4.69, 9.17) is 4.74 Å². The van der Waals surface area contributed by atoms with Crippen molar-refractivity contribution in [2.75, 3.05) is 33.8 Å². The number of pyridine rings is 1. The van der Waals surface area contributed by atoms with E-state index in [1.165, 1.54) is 5.56 Å². The van der Waals surface area contributed by atoms with Gasteiger partial charge in [0.2, 0.25) is 11.8 Å². The van der Waals surface area contributed by atoms with Crippen molar-refractivity contribution in [2.24, 2.45) is 10.9 Å². The lowest BCUT2D eigenvalue weighted by Gasteiger charge is -2.18. The van der Waals surface area contributed by atoms with Crippen LogP contribution in [-0.2, 0) is 17.8 Å². The van der Waals surface area contributed by atoms with Crippen LogP contribution in [0.4, 0.5) is 0 Å². The van der Waals surface area contributed by atoms with Crippen LogP contribution in [0.2, 0.25) is 0 Å². The van der Waals surface area contributed by atoms with Crippen LogP contribution in [0.3, 0.4) is 0 Å². The quantitative estimate of drug-likeness (QED) is 0.527. The van der Waals surface area contributed by atoms with E-state index in [0.717, 1.165) is 31.0 Å². The van der Waals surface area contributed by atoms with Crippen LogP contribution in [0.25, 0.3) is 0 Å². The van der Waals surface area contributed by atoms with E-state index < -0.39 is 0 Å². The maximum absolute atomic E-state index is 12.3. The molecule has 0 spiro atoms. The molecule has 2 aromatic rings. The van der Waals surface area contributed by atoms with Crippen molar-refractivity contribution in [3.63, 3.8) is 0 Å². The normalized spacial score (nSPS) is 16.8. The number of benzene rings is 1. The summed E-state index contributed by atoms with van der Waals surface area (Å²) in [5.41, 5.74) is 2.32.